The molecule has 0 saturated carbocycles. The summed E-state index contributed by atoms with van der Waals surface area (Å²) in [6.07, 6.45) is 2.70. The van der Waals surface area contributed by atoms with Gasteiger partial charge in [-0.3, -0.25) is 10.1 Å². The molecule has 0 amide bonds. The number of nitrogens with one attached hydrogen (secondary N) is 1. The third-order valence-corrected chi connectivity index (χ3v) is 4.52. The minimum atomic E-state index is -0.802. The molecule has 0 spiro atoms. The van der Waals surface area contributed by atoms with Gasteiger partial charge in [-0.2, -0.15) is 0 Å². The van der Waals surface area contributed by atoms with E-state index in [1.165, 1.54) is 0 Å². The Morgan fingerprint density at radius 2 is 2.05 bits per heavy atom. The molecule has 1 fully saturated rings. The van der Waals surface area contributed by atoms with Gasteiger partial charge in [-0.25, -0.2) is 0 Å². The normalized spacial score (nSPS) is 24.2. The molecule has 0 aliphatic carbocycles. The van der Waals surface area contributed by atoms with E-state index in [0.717, 1.165) is 39.0 Å². The molecule has 1 rings (SSSR count). The summed E-state index contributed by atoms with van der Waals surface area (Å²) in [5.41, 5.74) is -0.802. The average molecular weight is 299 g/mol. The summed E-state index contributed by atoms with van der Waals surface area (Å²) in [4.78, 5) is 16.3. The molecule has 1 heterocycles. The average Bonchev–Trinajstić information content (AvgIpc) is 2.38. The summed E-state index contributed by atoms with van der Waals surface area (Å²) in [6.45, 7) is 12.5. The number of carbonyl (C=O) groups is 1. The maximum absolute atomic E-state index is 11.5. The smallest absolute Gasteiger partial charge is 0.323 e. The van der Waals surface area contributed by atoms with Gasteiger partial charge in [-0.1, -0.05) is 0 Å². The topological polar surface area (TPSA) is 55.8 Å². The summed E-state index contributed by atoms with van der Waals surface area (Å²) in [5.74, 6) is -0.746. The standard InChI is InChI=1S/C16H33N3O2/c1-13(2)17-16(4,15(20)21)8-6-7-9-19-11-10-18(5)14(3)12-19/h13-14,17H,6-12H2,1-5H3,(H,20,21). The van der Waals surface area contributed by atoms with E-state index >= 15 is 0 Å². The fourth-order valence-electron chi connectivity index (χ4n) is 3.02. The molecular formula is C16H33N3O2. The Labute approximate surface area is 129 Å². The van der Waals surface area contributed by atoms with Crippen molar-refractivity contribution in [1.29, 1.82) is 0 Å². The van der Waals surface area contributed by atoms with Gasteiger partial charge in [0.05, 0.1) is 0 Å². The quantitative estimate of drug-likeness (QED) is 0.667. The fraction of sp³-hybridized carbons (Fsp3) is 0.938. The third-order valence-electron chi connectivity index (χ3n) is 4.52. The SMILES string of the molecule is CC(C)NC(C)(CCCCN1CCN(C)C(C)C1)C(=O)O. The number of aliphatic carboxylic acids is 1. The molecule has 1 aliphatic rings. The molecule has 21 heavy (non-hydrogen) atoms. The lowest BCUT2D eigenvalue weighted by atomic mass is 9.94. The summed E-state index contributed by atoms with van der Waals surface area (Å²) >= 11 is 0. The molecule has 0 aromatic heterocycles. The zero-order valence-corrected chi connectivity index (χ0v) is 14.4. The van der Waals surface area contributed by atoms with Crippen molar-refractivity contribution in [3.63, 3.8) is 0 Å². The summed E-state index contributed by atoms with van der Waals surface area (Å²) in [5, 5.41) is 12.6. The van der Waals surface area contributed by atoms with Crippen molar-refractivity contribution in [3.8, 4) is 0 Å². The van der Waals surface area contributed by atoms with E-state index in [1.54, 1.807) is 6.92 Å². The monoisotopic (exact) mass is 299 g/mol. The minimum Gasteiger partial charge on any atom is -0.480 e. The van der Waals surface area contributed by atoms with Crippen LogP contribution in [0.4, 0.5) is 0 Å². The minimum absolute atomic E-state index is 0.185. The highest BCUT2D eigenvalue weighted by Crippen LogP contribution is 2.16. The van der Waals surface area contributed by atoms with Crippen LogP contribution in [0.15, 0.2) is 0 Å². The maximum Gasteiger partial charge on any atom is 0.323 e. The van der Waals surface area contributed by atoms with Gasteiger partial charge in [-0.15, -0.1) is 0 Å². The molecule has 0 bridgehead atoms. The van der Waals surface area contributed by atoms with Crippen LogP contribution in [0.1, 0.15) is 47.0 Å². The number of unbranched alkanes of at least 4 members (excludes halogenated alkanes) is 1. The Hall–Kier alpha value is -0.650. The number of carboxylic acid groups (broad SMARTS) is 1. The third kappa shape index (κ3) is 5.93. The maximum atomic E-state index is 11.5. The van der Waals surface area contributed by atoms with E-state index in [-0.39, 0.29) is 6.04 Å². The predicted octanol–water partition coefficient (Wildman–Crippen LogP) is 1.63. The molecule has 5 nitrogen and oxygen atoms in total. The number of hydrogen-bond acceptors (Lipinski definition) is 4. The van der Waals surface area contributed by atoms with Crippen molar-refractivity contribution in [2.24, 2.45) is 0 Å². The van der Waals surface area contributed by atoms with Crippen molar-refractivity contribution in [2.75, 3.05) is 33.2 Å². The van der Waals surface area contributed by atoms with Gasteiger partial charge in [0, 0.05) is 31.7 Å². The van der Waals surface area contributed by atoms with Gasteiger partial charge in [0.1, 0.15) is 5.54 Å². The lowest BCUT2D eigenvalue weighted by Crippen LogP contribution is -2.52. The van der Waals surface area contributed by atoms with Crippen LogP contribution < -0.4 is 5.32 Å². The van der Waals surface area contributed by atoms with E-state index in [2.05, 4.69) is 29.1 Å². The second-order valence-corrected chi connectivity index (χ2v) is 7.02. The van der Waals surface area contributed by atoms with Crippen LogP contribution in [0.2, 0.25) is 0 Å². The highest BCUT2D eigenvalue weighted by atomic mass is 16.4. The van der Waals surface area contributed by atoms with E-state index in [1.807, 2.05) is 13.8 Å². The molecule has 5 heteroatoms. The van der Waals surface area contributed by atoms with E-state index in [4.69, 9.17) is 0 Å². The first-order valence-electron chi connectivity index (χ1n) is 8.18. The molecule has 0 radical (unpaired) electrons. The molecule has 1 aliphatic heterocycles. The lowest BCUT2D eigenvalue weighted by molar-refractivity contribution is -0.144. The predicted molar refractivity (Wildman–Crippen MR) is 86.7 cm³/mol. The Morgan fingerprint density at radius 3 is 2.57 bits per heavy atom. The largest absolute Gasteiger partial charge is 0.480 e. The molecule has 124 valence electrons. The summed E-state index contributed by atoms with van der Waals surface area (Å²) in [7, 11) is 2.18. The van der Waals surface area contributed by atoms with Crippen molar-refractivity contribution < 1.29 is 9.90 Å². The Bertz CT molecular complexity index is 335. The van der Waals surface area contributed by atoms with Gasteiger partial charge >= 0.3 is 5.97 Å². The van der Waals surface area contributed by atoms with E-state index in [0.29, 0.717) is 12.5 Å². The van der Waals surface area contributed by atoms with E-state index in [9.17, 15) is 9.90 Å². The van der Waals surface area contributed by atoms with Crippen LogP contribution in [0.5, 0.6) is 0 Å². The van der Waals surface area contributed by atoms with Crippen LogP contribution in [0.25, 0.3) is 0 Å². The van der Waals surface area contributed by atoms with Crippen LogP contribution in [-0.4, -0.2) is 71.7 Å². The number of hydrogen-bond donors (Lipinski definition) is 2. The number of likely N-dealkylation sites (N-methyl/N-ethyl adjacent to an activating group) is 1. The van der Waals surface area contributed by atoms with Crippen molar-refractivity contribution in [2.45, 2.75) is 64.6 Å². The number of rotatable bonds is 8. The van der Waals surface area contributed by atoms with E-state index < -0.39 is 11.5 Å². The number of carboxylic acids is 1. The molecule has 1 saturated heterocycles. The second-order valence-electron chi connectivity index (χ2n) is 7.02. The fourth-order valence-corrected chi connectivity index (χ4v) is 3.02. The Kier molecular flexibility index (Phi) is 7.10. The second kappa shape index (κ2) is 8.11. The van der Waals surface area contributed by atoms with Gasteiger partial charge in [0.2, 0.25) is 0 Å². The molecular weight excluding hydrogens is 266 g/mol. The van der Waals surface area contributed by atoms with Crippen molar-refractivity contribution in [1.82, 2.24) is 15.1 Å². The van der Waals surface area contributed by atoms with Gasteiger partial charge in [-0.05, 0) is 60.5 Å². The van der Waals surface area contributed by atoms with Crippen LogP contribution in [0.3, 0.4) is 0 Å². The summed E-state index contributed by atoms with van der Waals surface area (Å²) in [6, 6.07) is 0.801. The highest BCUT2D eigenvalue weighted by molar-refractivity contribution is 5.78. The van der Waals surface area contributed by atoms with Crippen molar-refractivity contribution in [3.05, 3.63) is 0 Å². The summed E-state index contributed by atoms with van der Waals surface area (Å²) < 4.78 is 0. The zero-order valence-electron chi connectivity index (χ0n) is 14.4. The molecule has 2 unspecified atom stereocenters. The Balaban J connectivity index is 2.30. The highest BCUT2D eigenvalue weighted by Gasteiger charge is 2.32. The molecule has 2 atom stereocenters. The number of nitrogens with zero attached hydrogens (tertiary/aromatic N) is 2. The first kappa shape index (κ1) is 18.4. The molecule has 0 aromatic carbocycles. The van der Waals surface area contributed by atoms with Crippen LogP contribution in [0, 0.1) is 0 Å². The first-order valence-corrected chi connectivity index (χ1v) is 8.18. The first-order chi connectivity index (χ1) is 9.74. The molecule has 0 aromatic rings. The van der Waals surface area contributed by atoms with Gasteiger partial charge in [0.25, 0.3) is 0 Å². The number of piperazine rings is 1. The van der Waals surface area contributed by atoms with Crippen LogP contribution >= 0.6 is 0 Å². The molecule has 2 N–H and O–H groups in total. The van der Waals surface area contributed by atoms with Crippen LogP contribution in [-0.2, 0) is 4.79 Å². The van der Waals surface area contributed by atoms with Crippen molar-refractivity contribution >= 4 is 5.97 Å². The van der Waals surface area contributed by atoms with Gasteiger partial charge in [0.15, 0.2) is 0 Å². The van der Waals surface area contributed by atoms with Gasteiger partial charge < -0.3 is 14.9 Å². The zero-order chi connectivity index (χ0) is 16.0. The Morgan fingerprint density at radius 1 is 1.38 bits per heavy atom. The lowest BCUT2D eigenvalue weighted by Gasteiger charge is -2.37.